The van der Waals surface area contributed by atoms with Gasteiger partial charge in [0.25, 0.3) is 0 Å². The molecule has 0 radical (unpaired) electrons. The van der Waals surface area contributed by atoms with Gasteiger partial charge in [-0.15, -0.1) is 0 Å². The second-order valence-electron chi connectivity index (χ2n) is 5.87. The first-order valence-electron chi connectivity index (χ1n) is 7.96. The van der Waals surface area contributed by atoms with E-state index >= 15 is 0 Å². The Morgan fingerprint density at radius 1 is 1.35 bits per heavy atom. The van der Waals surface area contributed by atoms with Crippen LogP contribution in [0.1, 0.15) is 24.3 Å². The molecule has 1 aromatic carbocycles. The third-order valence-electron chi connectivity index (χ3n) is 4.25. The van der Waals surface area contributed by atoms with Crippen molar-refractivity contribution in [2.24, 2.45) is 0 Å². The zero-order valence-corrected chi connectivity index (χ0v) is 13.0. The van der Waals surface area contributed by atoms with Gasteiger partial charge in [-0.25, -0.2) is 14.2 Å². The van der Waals surface area contributed by atoms with Crippen LogP contribution in [0.25, 0.3) is 0 Å². The number of nitrogens with zero attached hydrogens (tertiary/aromatic N) is 3. The largest absolute Gasteiger partial charge is 0.338 e. The summed E-state index contributed by atoms with van der Waals surface area (Å²) >= 11 is 0. The van der Waals surface area contributed by atoms with E-state index in [0.29, 0.717) is 19.0 Å². The number of likely N-dealkylation sites (tertiary alicyclic amines) is 1. The Kier molecular flexibility index (Phi) is 4.90. The quantitative estimate of drug-likeness (QED) is 0.862. The van der Waals surface area contributed by atoms with Gasteiger partial charge in [-0.1, -0.05) is 12.1 Å². The molecule has 2 aromatic rings. The number of urea groups is 1. The number of rotatable bonds is 5. The van der Waals surface area contributed by atoms with Crippen LogP contribution in [0.3, 0.4) is 0 Å². The molecule has 1 fully saturated rings. The number of nitrogens with one attached hydrogen (secondary N) is 1. The van der Waals surface area contributed by atoms with Crippen LogP contribution in [-0.2, 0) is 6.54 Å². The van der Waals surface area contributed by atoms with E-state index in [1.54, 1.807) is 12.5 Å². The maximum Gasteiger partial charge on any atom is 0.317 e. The van der Waals surface area contributed by atoms with Gasteiger partial charge in [0.1, 0.15) is 5.82 Å². The van der Waals surface area contributed by atoms with Crippen LogP contribution in [0.4, 0.5) is 9.18 Å². The fourth-order valence-corrected chi connectivity index (χ4v) is 2.94. The van der Waals surface area contributed by atoms with Crippen LogP contribution in [0.15, 0.2) is 43.0 Å². The molecule has 122 valence electrons. The maximum atomic E-state index is 13.0. The third-order valence-corrected chi connectivity index (χ3v) is 4.25. The van der Waals surface area contributed by atoms with E-state index in [2.05, 4.69) is 10.3 Å². The number of amides is 2. The van der Waals surface area contributed by atoms with E-state index in [4.69, 9.17) is 0 Å². The van der Waals surface area contributed by atoms with Gasteiger partial charge in [0, 0.05) is 44.5 Å². The Bertz CT molecular complexity index is 627. The molecule has 0 saturated carbocycles. The number of aromatic nitrogens is 2. The van der Waals surface area contributed by atoms with Gasteiger partial charge in [0.05, 0.1) is 6.33 Å². The first-order chi connectivity index (χ1) is 11.2. The lowest BCUT2D eigenvalue weighted by atomic mass is 9.99. The molecule has 2 heterocycles. The summed E-state index contributed by atoms with van der Waals surface area (Å²) in [6, 6.07) is 6.57. The molecule has 1 aliphatic heterocycles. The number of hydrogen-bond acceptors (Lipinski definition) is 2. The molecule has 0 aliphatic carbocycles. The fourth-order valence-electron chi connectivity index (χ4n) is 2.94. The van der Waals surface area contributed by atoms with Crippen molar-refractivity contribution < 1.29 is 9.18 Å². The van der Waals surface area contributed by atoms with Gasteiger partial charge < -0.3 is 14.8 Å². The zero-order valence-electron chi connectivity index (χ0n) is 13.0. The minimum atomic E-state index is -0.223. The molecule has 1 saturated heterocycles. The summed E-state index contributed by atoms with van der Waals surface area (Å²) in [5.41, 5.74) is 1.10. The standard InChI is InChI=1S/C17H21FN4O/c18-16-4-2-14(3-5-16)15-6-10-22(12-15)17(23)20-7-1-9-21-11-8-19-13-21/h2-5,8,11,13,15H,1,6-7,9-10,12H2,(H,20,23)/t15-/m1/s1. The van der Waals surface area contributed by atoms with E-state index in [9.17, 15) is 9.18 Å². The van der Waals surface area contributed by atoms with Gasteiger partial charge in [0.2, 0.25) is 0 Å². The van der Waals surface area contributed by atoms with Gasteiger partial charge in [0.15, 0.2) is 0 Å². The van der Waals surface area contributed by atoms with Crippen molar-refractivity contribution in [2.75, 3.05) is 19.6 Å². The maximum absolute atomic E-state index is 13.0. The monoisotopic (exact) mass is 316 g/mol. The number of carbonyl (C=O) groups is 1. The summed E-state index contributed by atoms with van der Waals surface area (Å²) in [6.07, 6.45) is 7.23. The minimum Gasteiger partial charge on any atom is -0.338 e. The lowest BCUT2D eigenvalue weighted by Gasteiger charge is -2.17. The molecule has 5 nitrogen and oxygen atoms in total. The summed E-state index contributed by atoms with van der Waals surface area (Å²) in [6.45, 7) is 2.93. The topological polar surface area (TPSA) is 50.2 Å². The molecule has 2 amide bonds. The van der Waals surface area contributed by atoms with Crippen molar-refractivity contribution in [3.63, 3.8) is 0 Å². The number of imidazole rings is 1. The van der Waals surface area contributed by atoms with Gasteiger partial charge in [-0.2, -0.15) is 0 Å². The fraction of sp³-hybridized carbons (Fsp3) is 0.412. The van der Waals surface area contributed by atoms with E-state index in [1.165, 1.54) is 12.1 Å². The summed E-state index contributed by atoms with van der Waals surface area (Å²) in [4.78, 5) is 18.0. The highest BCUT2D eigenvalue weighted by atomic mass is 19.1. The average Bonchev–Trinajstić information content (AvgIpc) is 3.24. The first-order valence-corrected chi connectivity index (χ1v) is 7.96. The normalized spacial score (nSPS) is 17.4. The predicted molar refractivity (Wildman–Crippen MR) is 85.6 cm³/mol. The Balaban J connectivity index is 1.41. The average molecular weight is 316 g/mol. The highest BCUT2D eigenvalue weighted by molar-refractivity contribution is 5.74. The third kappa shape index (κ3) is 4.09. The van der Waals surface area contributed by atoms with E-state index < -0.39 is 0 Å². The Morgan fingerprint density at radius 3 is 2.91 bits per heavy atom. The van der Waals surface area contributed by atoms with Crippen LogP contribution in [0.2, 0.25) is 0 Å². The van der Waals surface area contributed by atoms with Crippen LogP contribution < -0.4 is 5.32 Å². The smallest absolute Gasteiger partial charge is 0.317 e. The molecule has 1 N–H and O–H groups in total. The zero-order chi connectivity index (χ0) is 16.1. The molecule has 0 unspecified atom stereocenters. The molecule has 0 spiro atoms. The van der Waals surface area contributed by atoms with E-state index in [1.807, 2.05) is 27.8 Å². The Hall–Kier alpha value is -2.37. The molecule has 1 aromatic heterocycles. The summed E-state index contributed by atoms with van der Waals surface area (Å²) in [5, 5.41) is 2.96. The number of hydrogen-bond donors (Lipinski definition) is 1. The second-order valence-corrected chi connectivity index (χ2v) is 5.87. The molecule has 1 aliphatic rings. The second kappa shape index (κ2) is 7.26. The van der Waals surface area contributed by atoms with E-state index in [-0.39, 0.29) is 11.8 Å². The molecule has 23 heavy (non-hydrogen) atoms. The van der Waals surface area contributed by atoms with Crippen LogP contribution in [-0.4, -0.2) is 40.1 Å². The van der Waals surface area contributed by atoms with Crippen molar-refractivity contribution >= 4 is 6.03 Å². The molecular formula is C17H21FN4O. The van der Waals surface area contributed by atoms with Gasteiger partial charge in [-0.05, 0) is 30.5 Å². The van der Waals surface area contributed by atoms with Crippen molar-refractivity contribution in [2.45, 2.75) is 25.3 Å². The molecule has 6 heteroatoms. The van der Waals surface area contributed by atoms with Crippen LogP contribution >= 0.6 is 0 Å². The number of halogens is 1. The SMILES string of the molecule is O=C(NCCCn1ccnc1)N1CC[C@@H](c2ccc(F)cc2)C1. The number of aryl methyl sites for hydroxylation is 1. The summed E-state index contributed by atoms with van der Waals surface area (Å²) in [7, 11) is 0. The first kappa shape index (κ1) is 15.5. The van der Waals surface area contributed by atoms with Crippen molar-refractivity contribution in [1.29, 1.82) is 0 Å². The molecule has 0 bridgehead atoms. The Morgan fingerprint density at radius 2 is 2.17 bits per heavy atom. The highest BCUT2D eigenvalue weighted by Gasteiger charge is 2.26. The Labute approximate surface area is 135 Å². The molecule has 3 rings (SSSR count). The lowest BCUT2D eigenvalue weighted by molar-refractivity contribution is 0.208. The summed E-state index contributed by atoms with van der Waals surface area (Å²) < 4.78 is 15.0. The van der Waals surface area contributed by atoms with E-state index in [0.717, 1.165) is 31.5 Å². The molecule has 1 atom stereocenters. The molecular weight excluding hydrogens is 295 g/mol. The van der Waals surface area contributed by atoms with Crippen molar-refractivity contribution in [3.05, 3.63) is 54.4 Å². The minimum absolute atomic E-state index is 0.0137. The highest BCUT2D eigenvalue weighted by Crippen LogP contribution is 2.27. The van der Waals surface area contributed by atoms with Gasteiger partial charge >= 0.3 is 6.03 Å². The lowest BCUT2D eigenvalue weighted by Crippen LogP contribution is -2.39. The van der Waals surface area contributed by atoms with Crippen LogP contribution in [0, 0.1) is 5.82 Å². The summed E-state index contributed by atoms with van der Waals surface area (Å²) in [5.74, 6) is 0.0755. The predicted octanol–water partition coefficient (Wildman–Crippen LogP) is 2.61. The van der Waals surface area contributed by atoms with Crippen molar-refractivity contribution in [3.8, 4) is 0 Å². The van der Waals surface area contributed by atoms with Crippen LogP contribution in [0.5, 0.6) is 0 Å². The number of benzene rings is 1. The number of carbonyl (C=O) groups excluding carboxylic acids is 1. The van der Waals surface area contributed by atoms with Gasteiger partial charge in [-0.3, -0.25) is 0 Å². The van der Waals surface area contributed by atoms with Crippen molar-refractivity contribution in [1.82, 2.24) is 19.8 Å².